The van der Waals surface area contributed by atoms with Crippen LogP contribution in [0.4, 0.5) is 13.2 Å². The minimum absolute atomic E-state index is 0.212. The van der Waals surface area contributed by atoms with Crippen LogP contribution in [0.5, 0.6) is 5.75 Å². The molecule has 3 nitrogen and oxygen atoms in total. The lowest BCUT2D eigenvalue weighted by Crippen LogP contribution is -2.41. The fraction of sp³-hybridized carbons (Fsp3) is 0.600. The van der Waals surface area contributed by atoms with Crippen molar-refractivity contribution in [2.24, 2.45) is 0 Å². The molecular weight excluding hydrogens is 283 g/mol. The molecule has 1 N–H and O–H groups in total. The van der Waals surface area contributed by atoms with E-state index in [2.05, 4.69) is 10.1 Å². The summed E-state index contributed by atoms with van der Waals surface area (Å²) in [6.45, 7) is 5.66. The molecule has 0 spiro atoms. The van der Waals surface area contributed by atoms with Gasteiger partial charge in [0, 0.05) is 7.11 Å². The van der Waals surface area contributed by atoms with Gasteiger partial charge in [-0.15, -0.1) is 13.2 Å². The topological polar surface area (TPSA) is 30.5 Å². The number of benzene rings is 1. The number of halogens is 3. The van der Waals surface area contributed by atoms with Gasteiger partial charge in [0.2, 0.25) is 0 Å². The van der Waals surface area contributed by atoms with Crippen molar-refractivity contribution in [3.8, 4) is 5.75 Å². The Morgan fingerprint density at radius 2 is 1.57 bits per heavy atom. The molecule has 1 aromatic carbocycles. The van der Waals surface area contributed by atoms with Crippen molar-refractivity contribution in [3.63, 3.8) is 0 Å². The minimum Gasteiger partial charge on any atom is -0.406 e. The molecule has 0 amide bonds. The number of methoxy groups -OCH3 is 1. The summed E-state index contributed by atoms with van der Waals surface area (Å²) in [5.74, 6) is -0.212. The van der Waals surface area contributed by atoms with Crippen LogP contribution in [0.25, 0.3) is 0 Å². The van der Waals surface area contributed by atoms with E-state index >= 15 is 0 Å². The zero-order valence-corrected chi connectivity index (χ0v) is 12.6. The fourth-order valence-corrected chi connectivity index (χ4v) is 2.40. The van der Waals surface area contributed by atoms with E-state index < -0.39 is 12.0 Å². The molecule has 120 valence electrons. The smallest absolute Gasteiger partial charge is 0.406 e. The molecule has 6 heteroatoms. The van der Waals surface area contributed by atoms with Gasteiger partial charge in [0.05, 0.1) is 5.60 Å². The predicted molar refractivity (Wildman–Crippen MR) is 75.3 cm³/mol. The molecule has 21 heavy (non-hydrogen) atoms. The highest BCUT2D eigenvalue weighted by Gasteiger charge is 2.34. The highest BCUT2D eigenvalue weighted by atomic mass is 19.4. The molecule has 1 aliphatic heterocycles. The lowest BCUT2D eigenvalue weighted by Gasteiger charge is -2.36. The molecule has 0 unspecified atom stereocenters. The molecule has 1 fully saturated rings. The summed E-state index contributed by atoms with van der Waals surface area (Å²) in [6, 6.07) is 5.92. The van der Waals surface area contributed by atoms with Crippen molar-refractivity contribution >= 4 is 0 Å². The second-order valence-corrected chi connectivity index (χ2v) is 4.52. The number of hydrogen-bond acceptors (Lipinski definition) is 3. The zero-order valence-electron chi connectivity index (χ0n) is 12.6. The van der Waals surface area contributed by atoms with Gasteiger partial charge in [-0.05, 0) is 43.6 Å². The van der Waals surface area contributed by atoms with Crippen LogP contribution in [0.2, 0.25) is 0 Å². The Hall–Kier alpha value is -1.27. The largest absolute Gasteiger partial charge is 0.573 e. The Morgan fingerprint density at radius 3 is 2.00 bits per heavy atom. The predicted octanol–water partition coefficient (Wildman–Crippen LogP) is 3.84. The summed E-state index contributed by atoms with van der Waals surface area (Å²) in [5, 5.41) is 3.23. The summed E-state index contributed by atoms with van der Waals surface area (Å²) in [4.78, 5) is 0. The van der Waals surface area contributed by atoms with Crippen LogP contribution in [0.1, 0.15) is 32.3 Å². The van der Waals surface area contributed by atoms with Gasteiger partial charge in [0.15, 0.2) is 0 Å². The van der Waals surface area contributed by atoms with E-state index in [1.165, 1.54) is 12.1 Å². The highest BCUT2D eigenvalue weighted by molar-refractivity contribution is 5.31. The van der Waals surface area contributed by atoms with Crippen molar-refractivity contribution in [2.45, 2.75) is 38.7 Å². The average Bonchev–Trinajstić information content (AvgIpc) is 2.49. The third-order valence-corrected chi connectivity index (χ3v) is 3.42. The van der Waals surface area contributed by atoms with Gasteiger partial charge in [-0.1, -0.05) is 26.0 Å². The number of piperidine rings is 1. The van der Waals surface area contributed by atoms with Crippen molar-refractivity contribution in [1.29, 1.82) is 0 Å². The summed E-state index contributed by atoms with van der Waals surface area (Å²) < 4.78 is 45.7. The summed E-state index contributed by atoms with van der Waals surface area (Å²) in [5.41, 5.74) is 0.466. The zero-order chi connectivity index (χ0) is 15.9. The molecule has 0 aromatic heterocycles. The molecule has 1 saturated heterocycles. The van der Waals surface area contributed by atoms with Crippen LogP contribution in [0, 0.1) is 0 Å². The van der Waals surface area contributed by atoms with Crippen molar-refractivity contribution in [1.82, 2.24) is 5.32 Å². The second kappa shape index (κ2) is 7.66. The maximum atomic E-state index is 12.1. The van der Waals surface area contributed by atoms with Crippen molar-refractivity contribution in [3.05, 3.63) is 29.8 Å². The van der Waals surface area contributed by atoms with Crippen molar-refractivity contribution in [2.75, 3.05) is 20.2 Å². The number of ether oxygens (including phenoxy) is 2. The highest BCUT2D eigenvalue weighted by Crippen LogP contribution is 2.35. The maximum absolute atomic E-state index is 12.1. The van der Waals surface area contributed by atoms with E-state index in [1.54, 1.807) is 19.2 Å². The van der Waals surface area contributed by atoms with Crippen LogP contribution < -0.4 is 10.1 Å². The van der Waals surface area contributed by atoms with Crippen LogP contribution in [-0.2, 0) is 10.3 Å². The summed E-state index contributed by atoms with van der Waals surface area (Å²) in [7, 11) is 1.63. The first-order valence-corrected chi connectivity index (χ1v) is 7.07. The Morgan fingerprint density at radius 1 is 1.05 bits per heavy atom. The van der Waals surface area contributed by atoms with Crippen LogP contribution in [0.15, 0.2) is 24.3 Å². The van der Waals surface area contributed by atoms with E-state index in [0.29, 0.717) is 0 Å². The second-order valence-electron chi connectivity index (χ2n) is 4.52. The third-order valence-electron chi connectivity index (χ3n) is 3.42. The van der Waals surface area contributed by atoms with E-state index in [4.69, 9.17) is 4.74 Å². The maximum Gasteiger partial charge on any atom is 0.573 e. The lowest BCUT2D eigenvalue weighted by atomic mass is 9.85. The Kier molecular flexibility index (Phi) is 6.48. The van der Waals surface area contributed by atoms with Gasteiger partial charge in [0.25, 0.3) is 0 Å². The van der Waals surface area contributed by atoms with Gasteiger partial charge in [0.1, 0.15) is 5.75 Å². The number of hydrogen-bond donors (Lipinski definition) is 1. The number of nitrogens with one attached hydrogen (secondary N) is 1. The number of alkyl halides is 3. The fourth-order valence-electron chi connectivity index (χ4n) is 2.40. The molecule has 0 saturated carbocycles. The number of rotatable bonds is 3. The van der Waals surface area contributed by atoms with Gasteiger partial charge in [-0.25, -0.2) is 0 Å². The van der Waals surface area contributed by atoms with Gasteiger partial charge < -0.3 is 14.8 Å². The molecular formula is C15H22F3NO2. The standard InChI is InChI=1S/C13H16F3NO2.C2H6/c1-18-12(6-8-17-9-7-12)10-2-4-11(5-3-10)19-13(14,15)16;1-2/h2-5,17H,6-9H2,1H3;1-2H3. The van der Waals surface area contributed by atoms with Crippen LogP contribution in [0.3, 0.4) is 0 Å². The first kappa shape index (κ1) is 17.8. The summed E-state index contributed by atoms with van der Waals surface area (Å²) >= 11 is 0. The average molecular weight is 305 g/mol. The van der Waals surface area contributed by atoms with Crippen LogP contribution in [-0.4, -0.2) is 26.6 Å². The van der Waals surface area contributed by atoms with E-state index in [-0.39, 0.29) is 5.75 Å². The molecule has 0 aliphatic carbocycles. The molecule has 1 aliphatic rings. The molecule has 2 rings (SSSR count). The quantitative estimate of drug-likeness (QED) is 0.920. The van der Waals surface area contributed by atoms with E-state index in [9.17, 15) is 13.2 Å². The Bertz CT molecular complexity index is 412. The van der Waals surface area contributed by atoms with E-state index in [1.807, 2.05) is 13.8 Å². The molecule has 0 radical (unpaired) electrons. The molecule has 0 bridgehead atoms. The SMILES string of the molecule is CC.COC1(c2ccc(OC(F)(F)F)cc2)CCNCC1. The Labute approximate surface area is 123 Å². The molecule has 1 aromatic rings. The lowest BCUT2D eigenvalue weighted by molar-refractivity contribution is -0.274. The first-order valence-electron chi connectivity index (χ1n) is 7.07. The van der Waals surface area contributed by atoms with E-state index in [0.717, 1.165) is 31.5 Å². The Balaban J connectivity index is 0.00000106. The van der Waals surface area contributed by atoms with Crippen LogP contribution >= 0.6 is 0 Å². The molecule has 1 heterocycles. The first-order chi connectivity index (χ1) is 9.95. The van der Waals surface area contributed by atoms with Gasteiger partial charge in [-0.3, -0.25) is 0 Å². The summed E-state index contributed by atoms with van der Waals surface area (Å²) in [6.07, 6.45) is -3.07. The third kappa shape index (κ3) is 4.89. The normalized spacial score (nSPS) is 17.6. The molecule has 0 atom stereocenters. The minimum atomic E-state index is -4.66. The van der Waals surface area contributed by atoms with Gasteiger partial charge >= 0.3 is 6.36 Å². The monoisotopic (exact) mass is 305 g/mol. The van der Waals surface area contributed by atoms with Crippen molar-refractivity contribution < 1.29 is 22.6 Å². The van der Waals surface area contributed by atoms with Gasteiger partial charge in [-0.2, -0.15) is 0 Å².